The molecule has 21 heavy (non-hydrogen) atoms. The molecular formula is C17H15ClN2O. The van der Waals surface area contributed by atoms with Gasteiger partial charge in [-0.2, -0.15) is 0 Å². The first-order chi connectivity index (χ1) is 10.1. The number of nitrogens with zero attached hydrogens (tertiary/aromatic N) is 2. The summed E-state index contributed by atoms with van der Waals surface area (Å²) in [5.41, 5.74) is 4.24. The molecule has 2 aromatic carbocycles. The SMILES string of the molecule is COc1ccc2nc(-c3ccc(C)c(C)c3)nc(Cl)c2c1. The van der Waals surface area contributed by atoms with Crippen LogP contribution in [0.4, 0.5) is 0 Å². The van der Waals surface area contributed by atoms with Crippen molar-refractivity contribution >= 4 is 22.5 Å². The van der Waals surface area contributed by atoms with Gasteiger partial charge in [0, 0.05) is 10.9 Å². The van der Waals surface area contributed by atoms with Crippen molar-refractivity contribution in [3.8, 4) is 17.1 Å². The minimum atomic E-state index is 0.437. The normalized spacial score (nSPS) is 10.9. The van der Waals surface area contributed by atoms with E-state index in [4.69, 9.17) is 16.3 Å². The van der Waals surface area contributed by atoms with Crippen molar-refractivity contribution in [2.45, 2.75) is 13.8 Å². The van der Waals surface area contributed by atoms with Crippen LogP contribution in [0.5, 0.6) is 5.75 Å². The summed E-state index contributed by atoms with van der Waals surface area (Å²) in [6.07, 6.45) is 0. The van der Waals surface area contributed by atoms with Crippen LogP contribution in [0.3, 0.4) is 0 Å². The molecule has 3 aromatic rings. The Balaban J connectivity index is 2.18. The number of aromatic nitrogens is 2. The van der Waals surface area contributed by atoms with Crippen LogP contribution < -0.4 is 4.74 Å². The van der Waals surface area contributed by atoms with Gasteiger partial charge in [-0.15, -0.1) is 0 Å². The van der Waals surface area contributed by atoms with Crippen molar-refractivity contribution in [1.82, 2.24) is 9.97 Å². The highest BCUT2D eigenvalue weighted by atomic mass is 35.5. The molecule has 0 saturated heterocycles. The highest BCUT2D eigenvalue weighted by Crippen LogP contribution is 2.28. The van der Waals surface area contributed by atoms with Crippen molar-refractivity contribution in [3.63, 3.8) is 0 Å². The molecule has 0 bridgehead atoms. The number of ether oxygens (including phenoxy) is 1. The predicted octanol–water partition coefficient (Wildman–Crippen LogP) is 4.58. The van der Waals surface area contributed by atoms with E-state index in [2.05, 4.69) is 35.9 Å². The minimum Gasteiger partial charge on any atom is -0.497 e. The van der Waals surface area contributed by atoms with E-state index in [-0.39, 0.29) is 0 Å². The van der Waals surface area contributed by atoms with Crippen LogP contribution in [-0.4, -0.2) is 17.1 Å². The summed E-state index contributed by atoms with van der Waals surface area (Å²) in [7, 11) is 1.62. The molecule has 3 rings (SSSR count). The minimum absolute atomic E-state index is 0.437. The summed E-state index contributed by atoms with van der Waals surface area (Å²) in [4.78, 5) is 9.02. The zero-order valence-corrected chi connectivity index (χ0v) is 12.9. The van der Waals surface area contributed by atoms with Crippen LogP contribution in [-0.2, 0) is 0 Å². The quantitative estimate of drug-likeness (QED) is 0.650. The standard InChI is InChI=1S/C17H15ClN2O/c1-10-4-5-12(8-11(10)2)17-19-15-7-6-13(21-3)9-14(15)16(18)20-17/h4-9H,1-3H3. The molecule has 0 N–H and O–H groups in total. The van der Waals surface area contributed by atoms with E-state index in [0.717, 1.165) is 22.2 Å². The fourth-order valence-electron chi connectivity index (χ4n) is 2.21. The molecule has 0 spiro atoms. The number of fused-ring (bicyclic) bond motifs is 1. The first kappa shape index (κ1) is 13.8. The summed E-state index contributed by atoms with van der Waals surface area (Å²) in [5, 5.41) is 1.23. The maximum atomic E-state index is 6.31. The van der Waals surface area contributed by atoms with Crippen LogP contribution in [0.1, 0.15) is 11.1 Å². The number of methoxy groups -OCH3 is 1. The zero-order valence-electron chi connectivity index (χ0n) is 12.1. The molecule has 0 saturated carbocycles. The molecule has 1 heterocycles. The van der Waals surface area contributed by atoms with Crippen molar-refractivity contribution in [2.24, 2.45) is 0 Å². The maximum Gasteiger partial charge on any atom is 0.161 e. The Morgan fingerprint density at radius 1 is 0.952 bits per heavy atom. The summed E-state index contributed by atoms with van der Waals surface area (Å²) in [5.74, 6) is 1.38. The Kier molecular flexibility index (Phi) is 3.52. The topological polar surface area (TPSA) is 35.0 Å². The second-order valence-electron chi connectivity index (χ2n) is 5.02. The molecule has 0 unspecified atom stereocenters. The molecule has 106 valence electrons. The first-order valence-electron chi connectivity index (χ1n) is 6.67. The lowest BCUT2D eigenvalue weighted by Gasteiger charge is -2.08. The van der Waals surface area contributed by atoms with Crippen molar-refractivity contribution in [3.05, 3.63) is 52.7 Å². The van der Waals surface area contributed by atoms with Crippen molar-refractivity contribution < 1.29 is 4.74 Å². The Morgan fingerprint density at radius 2 is 1.76 bits per heavy atom. The van der Waals surface area contributed by atoms with E-state index >= 15 is 0 Å². The fraction of sp³-hybridized carbons (Fsp3) is 0.176. The van der Waals surface area contributed by atoms with Crippen LogP contribution in [0.15, 0.2) is 36.4 Å². The van der Waals surface area contributed by atoms with Gasteiger partial charge in [0.1, 0.15) is 10.9 Å². The lowest BCUT2D eigenvalue weighted by molar-refractivity contribution is 0.415. The van der Waals surface area contributed by atoms with Gasteiger partial charge in [-0.3, -0.25) is 0 Å². The lowest BCUT2D eigenvalue weighted by atomic mass is 10.1. The third-order valence-corrected chi connectivity index (χ3v) is 3.91. The molecule has 0 aliphatic carbocycles. The van der Waals surface area contributed by atoms with Gasteiger partial charge in [0.2, 0.25) is 0 Å². The third-order valence-electron chi connectivity index (χ3n) is 3.62. The maximum absolute atomic E-state index is 6.31. The van der Waals surface area contributed by atoms with Crippen LogP contribution in [0, 0.1) is 13.8 Å². The molecule has 0 aliphatic rings. The van der Waals surface area contributed by atoms with E-state index in [1.165, 1.54) is 11.1 Å². The molecule has 0 amide bonds. The average Bonchev–Trinajstić information content (AvgIpc) is 2.49. The van der Waals surface area contributed by atoms with Gasteiger partial charge >= 0.3 is 0 Å². The van der Waals surface area contributed by atoms with Crippen LogP contribution in [0.25, 0.3) is 22.3 Å². The molecular weight excluding hydrogens is 284 g/mol. The second-order valence-corrected chi connectivity index (χ2v) is 5.38. The van der Waals surface area contributed by atoms with Gasteiger partial charge in [-0.05, 0) is 49.2 Å². The summed E-state index contributed by atoms with van der Waals surface area (Å²) < 4.78 is 5.21. The number of halogens is 1. The number of rotatable bonds is 2. The van der Waals surface area contributed by atoms with E-state index in [1.807, 2.05) is 24.3 Å². The van der Waals surface area contributed by atoms with Crippen molar-refractivity contribution in [2.75, 3.05) is 7.11 Å². The summed E-state index contributed by atoms with van der Waals surface area (Å²) in [6, 6.07) is 11.8. The van der Waals surface area contributed by atoms with E-state index in [9.17, 15) is 0 Å². The van der Waals surface area contributed by atoms with E-state index in [1.54, 1.807) is 7.11 Å². The molecule has 1 aromatic heterocycles. The predicted molar refractivity (Wildman–Crippen MR) is 86.0 cm³/mol. The number of aryl methyl sites for hydroxylation is 2. The fourth-order valence-corrected chi connectivity index (χ4v) is 2.44. The third kappa shape index (κ3) is 2.57. The van der Waals surface area contributed by atoms with Gasteiger partial charge < -0.3 is 4.74 Å². The summed E-state index contributed by atoms with van der Waals surface area (Å²) in [6.45, 7) is 4.16. The monoisotopic (exact) mass is 298 g/mol. The van der Waals surface area contributed by atoms with Gasteiger partial charge in [0.05, 0.1) is 12.6 Å². The molecule has 0 atom stereocenters. The molecule has 4 heteroatoms. The molecule has 0 aliphatic heterocycles. The Morgan fingerprint density at radius 3 is 2.48 bits per heavy atom. The van der Waals surface area contributed by atoms with Gasteiger partial charge in [-0.25, -0.2) is 9.97 Å². The Labute approximate surface area is 128 Å². The lowest BCUT2D eigenvalue weighted by Crippen LogP contribution is -1.94. The second kappa shape index (κ2) is 5.34. The highest BCUT2D eigenvalue weighted by Gasteiger charge is 2.09. The van der Waals surface area contributed by atoms with Crippen LogP contribution in [0.2, 0.25) is 5.15 Å². The Hall–Kier alpha value is -2.13. The Bertz CT molecular complexity index is 830. The highest BCUT2D eigenvalue weighted by molar-refractivity contribution is 6.34. The number of hydrogen-bond donors (Lipinski definition) is 0. The van der Waals surface area contributed by atoms with Gasteiger partial charge in [0.15, 0.2) is 5.82 Å². The van der Waals surface area contributed by atoms with Crippen LogP contribution >= 0.6 is 11.6 Å². The largest absolute Gasteiger partial charge is 0.497 e. The zero-order chi connectivity index (χ0) is 15.0. The average molecular weight is 299 g/mol. The van der Waals surface area contributed by atoms with Crippen molar-refractivity contribution in [1.29, 1.82) is 0 Å². The first-order valence-corrected chi connectivity index (χ1v) is 7.05. The molecule has 0 radical (unpaired) electrons. The number of hydrogen-bond acceptors (Lipinski definition) is 3. The smallest absolute Gasteiger partial charge is 0.161 e. The van der Waals surface area contributed by atoms with Gasteiger partial charge in [0.25, 0.3) is 0 Å². The molecule has 3 nitrogen and oxygen atoms in total. The van der Waals surface area contributed by atoms with E-state index < -0.39 is 0 Å². The summed E-state index contributed by atoms with van der Waals surface area (Å²) >= 11 is 6.31. The van der Waals surface area contributed by atoms with E-state index in [0.29, 0.717) is 11.0 Å². The number of benzene rings is 2. The molecule has 0 fully saturated rings. The van der Waals surface area contributed by atoms with Gasteiger partial charge in [-0.1, -0.05) is 23.7 Å².